The van der Waals surface area contributed by atoms with Gasteiger partial charge < -0.3 is 10.1 Å². The maximum atomic E-state index is 12.8. The van der Waals surface area contributed by atoms with Crippen LogP contribution >= 0.6 is 0 Å². The molecule has 1 aliphatic carbocycles. The number of amides is 1. The van der Waals surface area contributed by atoms with Crippen LogP contribution in [-0.4, -0.2) is 18.4 Å². The van der Waals surface area contributed by atoms with E-state index in [-0.39, 0.29) is 11.9 Å². The molecule has 0 aromatic heterocycles. The number of benzene rings is 3. The topological polar surface area (TPSA) is 96.3 Å². The molecule has 6 heteroatoms. The molecule has 0 fully saturated rings. The highest BCUT2D eigenvalue weighted by Crippen LogP contribution is 2.41. The van der Waals surface area contributed by atoms with Crippen LogP contribution in [0.4, 0.5) is 0 Å². The van der Waals surface area contributed by atoms with E-state index < -0.39 is 0 Å². The second-order valence-corrected chi connectivity index (χ2v) is 8.01. The van der Waals surface area contributed by atoms with Crippen LogP contribution in [0.2, 0.25) is 0 Å². The molecule has 0 spiro atoms. The van der Waals surface area contributed by atoms with E-state index in [1.54, 1.807) is 6.07 Å². The van der Waals surface area contributed by atoms with E-state index in [1.807, 2.05) is 38.1 Å². The number of ether oxygens (including phenoxy) is 1. The maximum absolute atomic E-state index is 12.8. The number of nitrogens with one attached hydrogen (secondary N) is 2. The predicted octanol–water partition coefficient (Wildman–Crippen LogP) is 7.11. The molecule has 6 nitrogen and oxygen atoms in total. The van der Waals surface area contributed by atoms with Crippen molar-refractivity contribution in [3.8, 4) is 5.75 Å². The number of aryl methyl sites for hydroxylation is 1. The fourth-order valence-corrected chi connectivity index (χ4v) is 3.72. The summed E-state index contributed by atoms with van der Waals surface area (Å²) in [6.45, 7) is 12.3. The number of hydrogen-bond donors (Lipinski definition) is 2. The summed E-state index contributed by atoms with van der Waals surface area (Å²) >= 11 is 0. The normalized spacial score (nSPS) is 10.2. The third-order valence-electron chi connectivity index (χ3n) is 5.46. The monoisotopic (exact) mass is 478 g/mol. The van der Waals surface area contributed by atoms with Crippen molar-refractivity contribution in [2.24, 2.45) is 0 Å². The van der Waals surface area contributed by atoms with Gasteiger partial charge in [-0.2, -0.15) is 4.91 Å². The number of carbonyl (C=O) groups is 2. The summed E-state index contributed by atoms with van der Waals surface area (Å²) in [7, 11) is 0. The molecule has 3 aromatic rings. The summed E-state index contributed by atoms with van der Waals surface area (Å²) < 4.78 is 5.37. The molecular formula is C29H38N2O4. The molecule has 0 bridgehead atoms. The average molecular weight is 479 g/mol. The standard InChI is InChI=1S/C23H21NO3.C4H10.C2H6.HNO/c1-14-4-3-5-16(12-14)10-11-24-23(26)19-8-6-17-13-18-7-9-20(27-15(2)25)22(19)21(17)18;1-3-4-2;2*1-2/h3-9,12H,10-11,13H2,1-2H3,(H,24,26);3-4H2,1-2H3;1-2H3;1H. The lowest BCUT2D eigenvalue weighted by Crippen LogP contribution is -2.26. The lowest BCUT2D eigenvalue weighted by Gasteiger charge is -2.23. The lowest BCUT2D eigenvalue weighted by atomic mass is 9.82. The van der Waals surface area contributed by atoms with E-state index in [9.17, 15) is 9.59 Å². The molecule has 0 unspecified atom stereocenters. The number of carbonyl (C=O) groups excluding carboxylic acids is 2. The SMILES string of the molecule is CC.CC(=O)Oc1ccc2c3c(ccc(C(=O)NCCc4cccc(C)c4)c13)C2.CCCC.N=O. The highest BCUT2D eigenvalue weighted by atomic mass is 16.5. The van der Waals surface area contributed by atoms with Crippen LogP contribution in [-0.2, 0) is 17.6 Å². The van der Waals surface area contributed by atoms with E-state index in [1.165, 1.54) is 42.0 Å². The number of hydrogen-bond acceptors (Lipinski definition) is 5. The fraction of sp³-hybridized carbons (Fsp3) is 0.379. The van der Waals surface area contributed by atoms with Gasteiger partial charge in [0.1, 0.15) is 5.75 Å². The molecule has 0 radical (unpaired) electrons. The van der Waals surface area contributed by atoms with Gasteiger partial charge in [0, 0.05) is 18.9 Å². The van der Waals surface area contributed by atoms with Crippen molar-refractivity contribution in [2.75, 3.05) is 6.54 Å². The van der Waals surface area contributed by atoms with E-state index in [2.05, 4.69) is 49.9 Å². The van der Waals surface area contributed by atoms with Gasteiger partial charge in [-0.25, -0.2) is 0 Å². The zero-order valence-electron chi connectivity index (χ0n) is 21.8. The molecule has 35 heavy (non-hydrogen) atoms. The van der Waals surface area contributed by atoms with Crippen molar-refractivity contribution in [1.82, 2.24) is 5.32 Å². The van der Waals surface area contributed by atoms with Gasteiger partial charge in [-0.15, -0.1) is 0 Å². The van der Waals surface area contributed by atoms with E-state index in [4.69, 9.17) is 9.64 Å². The molecule has 3 aromatic carbocycles. The average Bonchev–Trinajstić information content (AvgIpc) is 2.86. The Morgan fingerprint density at radius 2 is 1.57 bits per heavy atom. The Bertz CT molecular complexity index is 1110. The molecule has 0 atom stereocenters. The van der Waals surface area contributed by atoms with Gasteiger partial charge in [-0.3, -0.25) is 9.59 Å². The van der Waals surface area contributed by atoms with Gasteiger partial charge in [-0.05, 0) is 54.0 Å². The highest BCUT2D eigenvalue weighted by Gasteiger charge is 2.24. The number of esters is 1. The Balaban J connectivity index is 0.000000684. The zero-order chi connectivity index (χ0) is 26.4. The molecule has 0 heterocycles. The minimum Gasteiger partial charge on any atom is -0.426 e. The molecule has 188 valence electrons. The van der Waals surface area contributed by atoms with E-state index >= 15 is 0 Å². The maximum Gasteiger partial charge on any atom is 0.308 e. The Morgan fingerprint density at radius 1 is 0.943 bits per heavy atom. The van der Waals surface area contributed by atoms with Gasteiger partial charge >= 0.3 is 5.97 Å². The third-order valence-corrected chi connectivity index (χ3v) is 5.46. The van der Waals surface area contributed by atoms with Crippen molar-refractivity contribution in [1.29, 1.82) is 5.59 Å². The van der Waals surface area contributed by atoms with Crippen LogP contribution in [0.1, 0.15) is 80.1 Å². The van der Waals surface area contributed by atoms with Crippen molar-refractivity contribution in [3.63, 3.8) is 0 Å². The number of nitroso groups, excluding NO2 is 1. The fourth-order valence-electron chi connectivity index (χ4n) is 3.72. The molecule has 0 aliphatic heterocycles. The highest BCUT2D eigenvalue weighted by molar-refractivity contribution is 6.13. The first-order valence-electron chi connectivity index (χ1n) is 12.2. The number of unbranched alkanes of at least 4 members (excludes halogenated alkanes) is 1. The van der Waals surface area contributed by atoms with Crippen molar-refractivity contribution >= 4 is 22.6 Å². The number of rotatable bonds is 6. The minimum atomic E-state index is -0.388. The van der Waals surface area contributed by atoms with Crippen LogP contribution in [0.5, 0.6) is 5.75 Å². The van der Waals surface area contributed by atoms with Gasteiger partial charge in [0.05, 0.1) is 5.56 Å². The van der Waals surface area contributed by atoms with Crippen molar-refractivity contribution in [3.05, 3.63) is 81.3 Å². The van der Waals surface area contributed by atoms with Gasteiger partial charge in [0.25, 0.3) is 5.91 Å². The first-order chi connectivity index (χ1) is 16.9. The first kappa shape index (κ1) is 29.5. The summed E-state index contributed by atoms with van der Waals surface area (Å²) in [4.78, 5) is 31.8. The molecule has 2 N–H and O–H groups in total. The van der Waals surface area contributed by atoms with Gasteiger partial charge in [0.2, 0.25) is 0 Å². The first-order valence-corrected chi connectivity index (χ1v) is 12.2. The quantitative estimate of drug-likeness (QED) is 0.175. The summed E-state index contributed by atoms with van der Waals surface area (Å²) in [5.74, 6) is -0.0841. The van der Waals surface area contributed by atoms with E-state index in [0.29, 0.717) is 17.9 Å². The lowest BCUT2D eigenvalue weighted by molar-refractivity contribution is -0.131. The summed E-state index contributed by atoms with van der Waals surface area (Å²) in [6.07, 6.45) is 4.30. The van der Waals surface area contributed by atoms with Crippen LogP contribution in [0.25, 0.3) is 10.8 Å². The summed E-state index contributed by atoms with van der Waals surface area (Å²) in [5.41, 5.74) is 9.83. The predicted molar refractivity (Wildman–Crippen MR) is 143 cm³/mol. The van der Waals surface area contributed by atoms with Gasteiger partial charge in [0.15, 0.2) is 0 Å². The third kappa shape index (κ3) is 8.02. The van der Waals surface area contributed by atoms with E-state index in [0.717, 1.165) is 23.6 Å². The van der Waals surface area contributed by atoms with Crippen LogP contribution in [0.15, 0.2) is 48.5 Å². The Kier molecular flexibility index (Phi) is 13.0. The van der Waals surface area contributed by atoms with Crippen molar-refractivity contribution < 1.29 is 14.3 Å². The molecule has 4 rings (SSSR count). The second-order valence-electron chi connectivity index (χ2n) is 8.01. The minimum absolute atomic E-state index is 0.147. The van der Waals surface area contributed by atoms with Crippen molar-refractivity contribution in [2.45, 2.75) is 67.2 Å². The molecule has 1 aliphatic rings. The Labute approximate surface area is 208 Å². The summed E-state index contributed by atoms with van der Waals surface area (Å²) in [5, 5.41) is 4.78. The molecule has 0 saturated carbocycles. The largest absolute Gasteiger partial charge is 0.426 e. The molecular weight excluding hydrogens is 440 g/mol. The second kappa shape index (κ2) is 15.4. The smallest absolute Gasteiger partial charge is 0.308 e. The molecule has 1 amide bonds. The van der Waals surface area contributed by atoms with Crippen LogP contribution in [0.3, 0.4) is 0 Å². The molecule has 0 saturated heterocycles. The zero-order valence-corrected chi connectivity index (χ0v) is 21.8. The van der Waals surface area contributed by atoms with Crippen LogP contribution < -0.4 is 10.1 Å². The van der Waals surface area contributed by atoms with Gasteiger partial charge in [-0.1, -0.05) is 88.1 Å². The van der Waals surface area contributed by atoms with Crippen LogP contribution in [0, 0.1) is 17.4 Å². The Hall–Kier alpha value is -3.54. The summed E-state index contributed by atoms with van der Waals surface area (Å²) in [6, 6.07) is 15.8. The Morgan fingerprint density at radius 3 is 2.14 bits per heavy atom.